The molecule has 1 fully saturated rings. The van der Waals surface area contributed by atoms with E-state index in [1.165, 1.54) is 11.6 Å². The van der Waals surface area contributed by atoms with Gasteiger partial charge in [-0.25, -0.2) is 9.78 Å². The summed E-state index contributed by atoms with van der Waals surface area (Å²) in [5.74, 6) is 1.58. The largest absolute Gasteiger partial charge is 0.366 e. The molecule has 1 N–H and O–H groups in total. The highest BCUT2D eigenvalue weighted by Crippen LogP contribution is 2.24. The van der Waals surface area contributed by atoms with Gasteiger partial charge in [-0.15, -0.1) is 0 Å². The van der Waals surface area contributed by atoms with Crippen LogP contribution in [0.2, 0.25) is 0 Å². The van der Waals surface area contributed by atoms with E-state index in [1.54, 1.807) is 11.9 Å². The minimum absolute atomic E-state index is 0.0607. The highest BCUT2D eigenvalue weighted by molar-refractivity contribution is 5.54. The Morgan fingerprint density at radius 2 is 2.12 bits per heavy atom. The molecular formula is C15H19N7O3. The molecule has 132 valence electrons. The highest BCUT2D eigenvalue weighted by atomic mass is 16.5. The maximum absolute atomic E-state index is 12.3. The third-order valence-electron chi connectivity index (χ3n) is 4.28. The Morgan fingerprint density at radius 3 is 2.76 bits per heavy atom. The summed E-state index contributed by atoms with van der Waals surface area (Å²) < 4.78 is 7.98. The minimum atomic E-state index is -0.602. The lowest BCUT2D eigenvalue weighted by Gasteiger charge is -2.34. The van der Waals surface area contributed by atoms with Crippen molar-refractivity contribution in [1.82, 2.24) is 24.3 Å². The second kappa shape index (κ2) is 6.52. The maximum atomic E-state index is 12.3. The highest BCUT2D eigenvalue weighted by Gasteiger charge is 2.29. The second-order valence-corrected chi connectivity index (χ2v) is 5.82. The molecule has 3 heterocycles. The minimum Gasteiger partial charge on any atom is -0.366 e. The predicted octanol–water partition coefficient (Wildman–Crippen LogP) is -0.786. The number of nitrogens with zero attached hydrogens (tertiary/aromatic N) is 6. The first-order valence-corrected chi connectivity index (χ1v) is 7.95. The van der Waals surface area contributed by atoms with Gasteiger partial charge in [-0.3, -0.25) is 19.0 Å². The van der Waals surface area contributed by atoms with Gasteiger partial charge in [0.2, 0.25) is 0 Å². The van der Waals surface area contributed by atoms with Crippen LogP contribution in [0.5, 0.6) is 0 Å². The summed E-state index contributed by atoms with van der Waals surface area (Å²) >= 11 is 0. The van der Waals surface area contributed by atoms with Gasteiger partial charge in [-0.05, 0) is 0 Å². The van der Waals surface area contributed by atoms with Crippen LogP contribution >= 0.6 is 0 Å². The van der Waals surface area contributed by atoms with Gasteiger partial charge in [-0.2, -0.15) is 10.4 Å². The number of aromatic amines is 1. The van der Waals surface area contributed by atoms with Crippen molar-refractivity contribution in [2.45, 2.75) is 19.4 Å². The zero-order chi connectivity index (χ0) is 18.1. The van der Waals surface area contributed by atoms with Crippen LogP contribution in [0.25, 0.3) is 0 Å². The van der Waals surface area contributed by atoms with Crippen molar-refractivity contribution in [3.05, 3.63) is 38.1 Å². The molecular weight excluding hydrogens is 326 g/mol. The number of rotatable bonds is 3. The molecule has 1 atom stereocenters. The molecule has 0 amide bonds. The summed E-state index contributed by atoms with van der Waals surface area (Å²) in [4.78, 5) is 30.7. The molecule has 3 rings (SSSR count). The van der Waals surface area contributed by atoms with Crippen LogP contribution in [0.3, 0.4) is 0 Å². The lowest BCUT2D eigenvalue weighted by molar-refractivity contribution is 0.0337. The lowest BCUT2D eigenvalue weighted by Crippen LogP contribution is -2.46. The Bertz CT molecular complexity index is 950. The summed E-state index contributed by atoms with van der Waals surface area (Å²) in [5, 5.41) is 16.4. The van der Waals surface area contributed by atoms with Crippen molar-refractivity contribution in [1.29, 1.82) is 5.26 Å². The Hall–Kier alpha value is -2.93. The molecule has 0 bridgehead atoms. The number of anilines is 1. The number of hydrogen-bond donors (Lipinski definition) is 1. The number of ether oxygens (including phenoxy) is 1. The van der Waals surface area contributed by atoms with E-state index >= 15 is 0 Å². The van der Waals surface area contributed by atoms with Crippen molar-refractivity contribution in [3.63, 3.8) is 0 Å². The van der Waals surface area contributed by atoms with Gasteiger partial charge < -0.3 is 9.64 Å². The standard InChI is InChI=1S/C15H19N7O3/c1-4-11-17-12(19-18-11)10-8-22(5-6-25-10)13-9(7-16)14(23)21(3)15(24)20(13)2/h10H,4-6,8H2,1-3H3,(H,17,18,19). The Morgan fingerprint density at radius 1 is 1.36 bits per heavy atom. The van der Waals surface area contributed by atoms with Gasteiger partial charge in [0.1, 0.15) is 23.8 Å². The molecule has 25 heavy (non-hydrogen) atoms. The van der Waals surface area contributed by atoms with E-state index in [0.29, 0.717) is 31.3 Å². The molecule has 2 aromatic rings. The van der Waals surface area contributed by atoms with Gasteiger partial charge in [0.15, 0.2) is 11.4 Å². The van der Waals surface area contributed by atoms with E-state index in [0.717, 1.165) is 16.8 Å². The average molecular weight is 345 g/mol. The molecule has 10 heteroatoms. The SMILES string of the molecule is CCc1nc(C2CN(c3c(C#N)c(=O)n(C)c(=O)n3C)CCO2)n[nH]1. The third-order valence-corrected chi connectivity index (χ3v) is 4.28. The number of hydrogen-bond acceptors (Lipinski definition) is 7. The molecule has 1 saturated heterocycles. The molecule has 1 unspecified atom stereocenters. The Balaban J connectivity index is 2.01. The van der Waals surface area contributed by atoms with Gasteiger partial charge in [0.05, 0.1) is 13.2 Å². The van der Waals surface area contributed by atoms with Crippen LogP contribution < -0.4 is 16.1 Å². The topological polar surface area (TPSA) is 122 Å². The molecule has 1 aliphatic rings. The van der Waals surface area contributed by atoms with E-state index < -0.39 is 17.4 Å². The van der Waals surface area contributed by atoms with Crippen molar-refractivity contribution in [3.8, 4) is 6.07 Å². The van der Waals surface area contributed by atoms with Gasteiger partial charge in [0, 0.05) is 27.1 Å². The lowest BCUT2D eigenvalue weighted by atomic mass is 10.2. The zero-order valence-electron chi connectivity index (χ0n) is 14.3. The fourth-order valence-corrected chi connectivity index (χ4v) is 2.91. The van der Waals surface area contributed by atoms with E-state index in [2.05, 4.69) is 15.2 Å². The summed E-state index contributed by atoms with van der Waals surface area (Å²) in [6, 6.07) is 1.92. The molecule has 0 spiro atoms. The fraction of sp³-hybridized carbons (Fsp3) is 0.533. The van der Waals surface area contributed by atoms with E-state index in [9.17, 15) is 14.9 Å². The molecule has 1 aliphatic heterocycles. The summed E-state index contributed by atoms with van der Waals surface area (Å²) in [6.07, 6.45) is 0.321. The van der Waals surface area contributed by atoms with Crippen molar-refractivity contribution < 1.29 is 4.74 Å². The van der Waals surface area contributed by atoms with Gasteiger partial charge in [0.25, 0.3) is 5.56 Å². The summed E-state index contributed by atoms with van der Waals surface area (Å²) in [5.41, 5.74) is -1.14. The maximum Gasteiger partial charge on any atom is 0.332 e. The van der Waals surface area contributed by atoms with Crippen molar-refractivity contribution in [2.24, 2.45) is 14.1 Å². The monoisotopic (exact) mass is 345 g/mol. The average Bonchev–Trinajstić information content (AvgIpc) is 3.12. The van der Waals surface area contributed by atoms with E-state index in [4.69, 9.17) is 4.74 Å². The van der Waals surface area contributed by atoms with E-state index in [1.807, 2.05) is 13.0 Å². The molecule has 10 nitrogen and oxygen atoms in total. The van der Waals surface area contributed by atoms with Gasteiger partial charge in [-0.1, -0.05) is 6.92 Å². The smallest absolute Gasteiger partial charge is 0.332 e. The van der Waals surface area contributed by atoms with Crippen molar-refractivity contribution in [2.75, 3.05) is 24.6 Å². The Labute approximate surface area is 143 Å². The fourth-order valence-electron chi connectivity index (χ4n) is 2.91. The molecule has 2 aromatic heterocycles. The van der Waals surface area contributed by atoms with Crippen LogP contribution in [0.15, 0.2) is 9.59 Å². The quantitative estimate of drug-likeness (QED) is 0.774. The molecule has 0 aliphatic carbocycles. The number of morpholine rings is 1. The number of H-pyrrole nitrogens is 1. The molecule has 0 radical (unpaired) electrons. The van der Waals surface area contributed by atoms with Crippen LogP contribution in [0, 0.1) is 11.3 Å². The first-order valence-electron chi connectivity index (χ1n) is 7.95. The molecule has 0 saturated carbocycles. The van der Waals surface area contributed by atoms with E-state index in [-0.39, 0.29) is 5.56 Å². The van der Waals surface area contributed by atoms with Crippen LogP contribution in [0.4, 0.5) is 5.82 Å². The van der Waals surface area contributed by atoms with Crippen LogP contribution in [-0.4, -0.2) is 44.0 Å². The third kappa shape index (κ3) is 2.83. The second-order valence-electron chi connectivity index (χ2n) is 5.82. The normalized spacial score (nSPS) is 17.5. The zero-order valence-corrected chi connectivity index (χ0v) is 14.3. The molecule has 0 aromatic carbocycles. The first-order chi connectivity index (χ1) is 12.0. The summed E-state index contributed by atoms with van der Waals surface area (Å²) in [7, 11) is 2.90. The van der Waals surface area contributed by atoms with Crippen LogP contribution in [0.1, 0.15) is 30.2 Å². The first kappa shape index (κ1) is 16.9. The van der Waals surface area contributed by atoms with Gasteiger partial charge >= 0.3 is 5.69 Å². The number of nitrogens with one attached hydrogen (secondary N) is 1. The van der Waals surface area contributed by atoms with Crippen molar-refractivity contribution >= 4 is 5.82 Å². The number of nitriles is 1. The number of aryl methyl sites for hydroxylation is 1. The van der Waals surface area contributed by atoms with Crippen LogP contribution in [-0.2, 0) is 25.3 Å². The Kier molecular flexibility index (Phi) is 4.41. The predicted molar refractivity (Wildman–Crippen MR) is 88.3 cm³/mol. The number of aromatic nitrogens is 5. The summed E-state index contributed by atoms with van der Waals surface area (Å²) in [6.45, 7) is 3.13.